The number of aromatic nitrogens is 2. The van der Waals surface area contributed by atoms with Crippen LogP contribution in [0.2, 0.25) is 0 Å². The van der Waals surface area contributed by atoms with Crippen LogP contribution in [0.1, 0.15) is 41.6 Å². The molecule has 2 heterocycles. The molecule has 2 atom stereocenters. The summed E-state index contributed by atoms with van der Waals surface area (Å²) in [5.41, 5.74) is 14.2. The molecule has 0 spiro atoms. The van der Waals surface area contributed by atoms with Gasteiger partial charge in [0.1, 0.15) is 0 Å². The van der Waals surface area contributed by atoms with Crippen LogP contribution in [-0.2, 0) is 0 Å². The molecule has 0 amide bonds. The number of nitrogens with zero attached hydrogens (tertiary/aromatic N) is 2. The van der Waals surface area contributed by atoms with Gasteiger partial charge in [-0.25, -0.2) is 0 Å². The van der Waals surface area contributed by atoms with Crippen LogP contribution in [0.15, 0.2) is 176 Å². The van der Waals surface area contributed by atoms with Gasteiger partial charge in [-0.2, -0.15) is 0 Å². The molecule has 0 saturated heterocycles. The summed E-state index contributed by atoms with van der Waals surface area (Å²) in [6.07, 6.45) is 15.6. The fourth-order valence-electron chi connectivity index (χ4n) is 8.78. The molecule has 10 rings (SSSR count). The third-order valence-electron chi connectivity index (χ3n) is 10.8. The molecule has 6 aromatic carbocycles. The third-order valence-corrected chi connectivity index (χ3v) is 10.8. The smallest absolute Gasteiger partial charge is 0.0560 e. The first-order valence-electron chi connectivity index (χ1n) is 17.8. The van der Waals surface area contributed by atoms with E-state index in [1.165, 1.54) is 77.5 Å². The normalized spacial score (nSPS) is 16.8. The van der Waals surface area contributed by atoms with E-state index in [9.17, 15) is 0 Å². The van der Waals surface area contributed by atoms with Crippen molar-refractivity contribution in [3.63, 3.8) is 0 Å². The van der Waals surface area contributed by atoms with Gasteiger partial charge in [-0.3, -0.25) is 0 Å². The molecular weight excluding hydrogens is 605 g/mol. The fourth-order valence-corrected chi connectivity index (χ4v) is 8.78. The number of allylic oxidation sites excluding steroid dienone is 5. The summed E-state index contributed by atoms with van der Waals surface area (Å²) < 4.78 is 4.99. The minimum Gasteiger partial charge on any atom is -0.333 e. The van der Waals surface area contributed by atoms with Crippen LogP contribution >= 0.6 is 0 Å². The lowest BCUT2D eigenvalue weighted by Gasteiger charge is -2.25. The Morgan fingerprint density at radius 1 is 0.480 bits per heavy atom. The minimum atomic E-state index is 0.220. The number of para-hydroxylation sites is 3. The van der Waals surface area contributed by atoms with E-state index in [1.807, 2.05) is 0 Å². The molecule has 2 aromatic heterocycles. The maximum atomic E-state index is 2.54. The van der Waals surface area contributed by atoms with E-state index in [-0.39, 0.29) is 5.92 Å². The van der Waals surface area contributed by atoms with Gasteiger partial charge in [-0.15, -0.1) is 0 Å². The Hall–Kier alpha value is -6.12. The summed E-state index contributed by atoms with van der Waals surface area (Å²) in [6, 6.07) is 54.0. The highest BCUT2D eigenvalue weighted by Gasteiger charge is 2.29. The van der Waals surface area contributed by atoms with Gasteiger partial charge < -0.3 is 9.13 Å². The quantitative estimate of drug-likeness (QED) is 0.177. The average Bonchev–Trinajstić information content (AvgIpc) is 3.72. The first kappa shape index (κ1) is 28.9. The molecule has 238 valence electrons. The second kappa shape index (κ2) is 11.8. The van der Waals surface area contributed by atoms with E-state index in [4.69, 9.17) is 0 Å². The summed E-state index contributed by atoms with van der Waals surface area (Å²) in [4.78, 5) is 0. The van der Waals surface area contributed by atoms with Crippen LogP contribution in [0.3, 0.4) is 0 Å². The zero-order chi connectivity index (χ0) is 33.0. The van der Waals surface area contributed by atoms with E-state index in [0.717, 1.165) is 12.8 Å². The highest BCUT2D eigenvalue weighted by molar-refractivity contribution is 6.16. The summed E-state index contributed by atoms with van der Waals surface area (Å²) in [5, 5.41) is 3.96. The molecule has 0 saturated carbocycles. The van der Waals surface area contributed by atoms with Crippen LogP contribution in [0.25, 0.3) is 66.7 Å². The molecule has 0 N–H and O–H groups in total. The van der Waals surface area contributed by atoms with Gasteiger partial charge in [0.25, 0.3) is 0 Å². The average molecular weight is 641 g/mol. The largest absolute Gasteiger partial charge is 0.333 e. The van der Waals surface area contributed by atoms with Crippen LogP contribution < -0.4 is 0 Å². The van der Waals surface area contributed by atoms with Crippen molar-refractivity contribution in [2.45, 2.75) is 24.8 Å². The number of benzene rings is 6. The number of hydrogen-bond acceptors (Lipinski definition) is 0. The Balaban J connectivity index is 1.18. The van der Waals surface area contributed by atoms with Gasteiger partial charge in [0.05, 0.1) is 22.8 Å². The summed E-state index contributed by atoms with van der Waals surface area (Å²) in [7, 11) is 0. The van der Waals surface area contributed by atoms with E-state index in [2.05, 4.69) is 191 Å². The number of rotatable bonds is 5. The van der Waals surface area contributed by atoms with Gasteiger partial charge in [0, 0.05) is 33.3 Å². The molecule has 2 aliphatic carbocycles. The van der Waals surface area contributed by atoms with Crippen molar-refractivity contribution >= 4 is 38.8 Å². The lowest BCUT2D eigenvalue weighted by atomic mass is 9.79. The Labute approximate surface area is 292 Å². The fraction of sp³-hybridized carbons (Fsp3) is 0.0833. The summed E-state index contributed by atoms with van der Waals surface area (Å²) in [5.74, 6) is 0.220. The molecule has 0 aliphatic heterocycles. The van der Waals surface area contributed by atoms with Crippen LogP contribution in [0, 0.1) is 0 Å². The standard InChI is InChI=1S/C48H36N2/c1-3-17-33(18-4-1)49-43-29-13-11-25-41(43)47-39(27-15-31-45(47)49)37-23-9-7-21-35(37)36-22-8-10-24-38(36)40-28-16-32-46-48(40)42-26-12-14-30-44(42)50(46)34-19-5-2-6-20-34/h1-19,21-26,28-32,34,39H,20,27H2. The molecule has 8 aromatic rings. The maximum absolute atomic E-state index is 2.54. The lowest BCUT2D eigenvalue weighted by Crippen LogP contribution is -2.08. The van der Waals surface area contributed by atoms with Crippen LogP contribution in [-0.4, -0.2) is 9.13 Å². The van der Waals surface area contributed by atoms with Gasteiger partial charge in [0.15, 0.2) is 0 Å². The van der Waals surface area contributed by atoms with Crippen molar-refractivity contribution in [1.82, 2.24) is 9.13 Å². The number of hydrogen-bond donors (Lipinski definition) is 0. The lowest BCUT2D eigenvalue weighted by molar-refractivity contribution is 0.648. The predicted molar refractivity (Wildman–Crippen MR) is 211 cm³/mol. The highest BCUT2D eigenvalue weighted by Crippen LogP contribution is 2.48. The first-order valence-corrected chi connectivity index (χ1v) is 17.8. The van der Waals surface area contributed by atoms with Crippen molar-refractivity contribution in [2.24, 2.45) is 0 Å². The molecule has 2 nitrogen and oxygen atoms in total. The van der Waals surface area contributed by atoms with Crippen LogP contribution in [0.4, 0.5) is 0 Å². The Morgan fingerprint density at radius 2 is 1.14 bits per heavy atom. The Morgan fingerprint density at radius 3 is 1.96 bits per heavy atom. The zero-order valence-corrected chi connectivity index (χ0v) is 27.8. The monoisotopic (exact) mass is 640 g/mol. The highest BCUT2D eigenvalue weighted by atomic mass is 15.0. The van der Waals surface area contributed by atoms with Gasteiger partial charge in [-0.05, 0) is 82.6 Å². The van der Waals surface area contributed by atoms with Crippen molar-refractivity contribution < 1.29 is 0 Å². The summed E-state index contributed by atoms with van der Waals surface area (Å²) in [6.45, 7) is 0. The van der Waals surface area contributed by atoms with Gasteiger partial charge in [-0.1, -0.05) is 146 Å². The SMILES string of the molecule is C1=CCC(n2c3ccccc3c3c(-c4ccccc4-c4ccccc4C4CC=Cc5c4c4ccccc4n5-c4ccccc4)cccc32)C=C1. The molecular formula is C48H36N2. The predicted octanol–water partition coefficient (Wildman–Crippen LogP) is 12.7. The van der Waals surface area contributed by atoms with E-state index < -0.39 is 0 Å². The van der Waals surface area contributed by atoms with Gasteiger partial charge in [0.2, 0.25) is 0 Å². The molecule has 2 aliphatic rings. The van der Waals surface area contributed by atoms with E-state index >= 15 is 0 Å². The number of fused-ring (bicyclic) bond motifs is 6. The third kappa shape index (κ3) is 4.42. The molecule has 2 heteroatoms. The Kier molecular flexibility index (Phi) is 6.80. The maximum Gasteiger partial charge on any atom is 0.0560 e. The zero-order valence-electron chi connectivity index (χ0n) is 27.8. The topological polar surface area (TPSA) is 9.86 Å². The molecule has 0 fully saturated rings. The van der Waals surface area contributed by atoms with E-state index in [0.29, 0.717) is 6.04 Å². The van der Waals surface area contributed by atoms with Crippen molar-refractivity contribution in [2.75, 3.05) is 0 Å². The molecule has 0 radical (unpaired) electrons. The summed E-state index contributed by atoms with van der Waals surface area (Å²) >= 11 is 0. The van der Waals surface area contributed by atoms with Crippen LogP contribution in [0.5, 0.6) is 0 Å². The molecule has 50 heavy (non-hydrogen) atoms. The van der Waals surface area contributed by atoms with Crippen molar-refractivity contribution in [3.8, 4) is 27.9 Å². The van der Waals surface area contributed by atoms with E-state index in [1.54, 1.807) is 0 Å². The van der Waals surface area contributed by atoms with Crippen molar-refractivity contribution in [3.05, 3.63) is 193 Å². The Bertz CT molecular complexity index is 2660. The second-order valence-corrected chi connectivity index (χ2v) is 13.5. The van der Waals surface area contributed by atoms with Gasteiger partial charge >= 0.3 is 0 Å². The van der Waals surface area contributed by atoms with Crippen molar-refractivity contribution in [1.29, 1.82) is 0 Å². The second-order valence-electron chi connectivity index (χ2n) is 13.5. The first-order chi connectivity index (χ1) is 24.9. The molecule has 2 unspecified atom stereocenters. The molecule has 0 bridgehead atoms. The minimum absolute atomic E-state index is 0.220.